The normalized spacial score (nSPS) is 37.0. The Kier molecular flexibility index (Phi) is 5.52. The lowest BCUT2D eigenvalue weighted by atomic mass is 9.60. The Bertz CT molecular complexity index is 374. The molecule has 2 saturated carbocycles. The molecule has 4 unspecified atom stereocenters. The Morgan fingerprint density at radius 1 is 1.38 bits per heavy atom. The van der Waals surface area contributed by atoms with Crippen molar-refractivity contribution in [2.24, 2.45) is 5.41 Å². The maximum absolute atomic E-state index is 12.3. The van der Waals surface area contributed by atoms with E-state index in [2.05, 4.69) is 10.6 Å². The van der Waals surface area contributed by atoms with Crippen molar-refractivity contribution in [3.05, 3.63) is 0 Å². The smallest absolute Gasteiger partial charge is 0.237 e. The number of aliphatic hydroxyl groups is 1. The van der Waals surface area contributed by atoms with Crippen molar-refractivity contribution in [2.45, 2.75) is 69.7 Å². The second kappa shape index (κ2) is 6.82. The summed E-state index contributed by atoms with van der Waals surface area (Å²) >= 11 is 0. The lowest BCUT2D eigenvalue weighted by Crippen LogP contribution is -2.65. The van der Waals surface area contributed by atoms with Crippen LogP contribution in [-0.2, 0) is 9.53 Å². The topological polar surface area (TPSA) is 70.6 Å². The summed E-state index contributed by atoms with van der Waals surface area (Å²) in [4.78, 5) is 12.3. The number of hydrogen-bond acceptors (Lipinski definition) is 4. The van der Waals surface area contributed by atoms with E-state index in [-0.39, 0.29) is 41.9 Å². The van der Waals surface area contributed by atoms with Crippen molar-refractivity contribution >= 4 is 18.3 Å². The van der Waals surface area contributed by atoms with Crippen molar-refractivity contribution in [2.75, 3.05) is 13.2 Å². The molecule has 1 aliphatic heterocycles. The molecule has 5 nitrogen and oxygen atoms in total. The van der Waals surface area contributed by atoms with Crippen LogP contribution in [0.3, 0.4) is 0 Å². The van der Waals surface area contributed by atoms with Crippen LogP contribution in [0.1, 0.15) is 45.4 Å². The van der Waals surface area contributed by atoms with E-state index in [4.69, 9.17) is 4.74 Å². The minimum Gasteiger partial charge on any atom is -0.392 e. The van der Waals surface area contributed by atoms with Gasteiger partial charge in [0.05, 0.1) is 18.2 Å². The lowest BCUT2D eigenvalue weighted by molar-refractivity contribution is -0.145. The molecule has 3 rings (SSSR count). The van der Waals surface area contributed by atoms with Crippen molar-refractivity contribution < 1.29 is 14.6 Å². The van der Waals surface area contributed by atoms with Crippen LogP contribution in [0.15, 0.2) is 0 Å². The third kappa shape index (κ3) is 3.07. The molecule has 21 heavy (non-hydrogen) atoms. The quantitative estimate of drug-likeness (QED) is 0.723. The van der Waals surface area contributed by atoms with Gasteiger partial charge in [0.2, 0.25) is 5.91 Å². The van der Waals surface area contributed by atoms with Crippen molar-refractivity contribution in [3.63, 3.8) is 0 Å². The van der Waals surface area contributed by atoms with Crippen LogP contribution in [0.25, 0.3) is 0 Å². The number of carbonyl (C=O) groups is 1. The summed E-state index contributed by atoms with van der Waals surface area (Å²) in [5, 5.41) is 15.8. The number of β-amino-alcohol motifs (C(OH)–C–C–N with tert-alkyl or cyclic N) is 1. The monoisotopic (exact) mass is 318 g/mol. The molecule has 3 N–H and O–H groups in total. The van der Waals surface area contributed by atoms with Crippen LogP contribution in [0.4, 0.5) is 0 Å². The average Bonchev–Trinajstić information content (AvgIpc) is 3.07. The molecule has 3 fully saturated rings. The first-order valence-electron chi connectivity index (χ1n) is 7.99. The fraction of sp³-hybridized carbons (Fsp3) is 0.933. The zero-order valence-electron chi connectivity index (χ0n) is 12.6. The van der Waals surface area contributed by atoms with E-state index < -0.39 is 0 Å². The van der Waals surface area contributed by atoms with Gasteiger partial charge in [-0.25, -0.2) is 0 Å². The Balaban J connectivity index is 0.00000161. The zero-order valence-corrected chi connectivity index (χ0v) is 13.5. The maximum atomic E-state index is 12.3. The Labute approximate surface area is 132 Å². The molecule has 3 aliphatic rings. The standard InChI is InChI=1S/C15H26N2O3.ClH/c1-2-20-13-8-12(15(13)5-3-4-6-15)17-14(19)11-7-10(18)9-16-11;/h10-13,16,18H,2-9H2,1H3,(H,17,19);1H. The summed E-state index contributed by atoms with van der Waals surface area (Å²) in [6.07, 6.45) is 6.24. The zero-order chi connectivity index (χ0) is 14.2. The molecule has 1 spiro atoms. The van der Waals surface area contributed by atoms with Crippen LogP contribution < -0.4 is 10.6 Å². The van der Waals surface area contributed by atoms with Gasteiger partial charge in [-0.05, 0) is 32.6 Å². The lowest BCUT2D eigenvalue weighted by Gasteiger charge is -2.54. The number of carbonyl (C=O) groups excluding carboxylic acids is 1. The molecule has 1 saturated heterocycles. The summed E-state index contributed by atoms with van der Waals surface area (Å²) in [7, 11) is 0. The van der Waals surface area contributed by atoms with Crippen molar-refractivity contribution in [1.29, 1.82) is 0 Å². The van der Waals surface area contributed by atoms with Gasteiger partial charge in [0, 0.05) is 24.6 Å². The number of ether oxygens (including phenoxy) is 1. The average molecular weight is 319 g/mol. The second-order valence-electron chi connectivity index (χ2n) is 6.53. The summed E-state index contributed by atoms with van der Waals surface area (Å²) in [6.45, 7) is 3.32. The van der Waals surface area contributed by atoms with Gasteiger partial charge in [-0.3, -0.25) is 4.79 Å². The molecule has 6 heteroatoms. The molecule has 0 bridgehead atoms. The van der Waals surface area contributed by atoms with Crippen molar-refractivity contribution in [3.8, 4) is 0 Å². The third-order valence-electron chi connectivity index (χ3n) is 5.43. The van der Waals surface area contributed by atoms with Gasteiger partial charge in [-0.2, -0.15) is 0 Å². The number of amides is 1. The highest BCUT2D eigenvalue weighted by molar-refractivity contribution is 5.85. The molecule has 0 aromatic carbocycles. The van der Waals surface area contributed by atoms with Gasteiger partial charge in [0.15, 0.2) is 0 Å². The molecule has 122 valence electrons. The second-order valence-corrected chi connectivity index (χ2v) is 6.53. The Hall–Kier alpha value is -0.360. The Morgan fingerprint density at radius 3 is 2.67 bits per heavy atom. The molecule has 1 amide bonds. The van der Waals surface area contributed by atoms with Crippen LogP contribution in [0, 0.1) is 5.41 Å². The molecular weight excluding hydrogens is 292 g/mol. The van der Waals surface area contributed by atoms with E-state index in [9.17, 15) is 9.90 Å². The largest absolute Gasteiger partial charge is 0.392 e. The molecule has 1 heterocycles. The number of rotatable bonds is 4. The van der Waals surface area contributed by atoms with Gasteiger partial charge in [-0.1, -0.05) is 12.8 Å². The van der Waals surface area contributed by atoms with Gasteiger partial charge in [0.1, 0.15) is 0 Å². The minimum atomic E-state index is -0.385. The molecule has 0 aromatic heterocycles. The molecule has 0 radical (unpaired) electrons. The highest BCUT2D eigenvalue weighted by Gasteiger charge is 2.57. The fourth-order valence-electron chi connectivity index (χ4n) is 4.28. The van der Waals surface area contributed by atoms with Crippen molar-refractivity contribution in [1.82, 2.24) is 10.6 Å². The summed E-state index contributed by atoms with van der Waals surface area (Å²) in [5.41, 5.74) is 0.183. The number of halogens is 1. The van der Waals surface area contributed by atoms with E-state index in [0.717, 1.165) is 13.0 Å². The van der Waals surface area contributed by atoms with E-state index in [1.54, 1.807) is 0 Å². The van der Waals surface area contributed by atoms with E-state index >= 15 is 0 Å². The first kappa shape index (κ1) is 17.0. The number of aliphatic hydroxyl groups excluding tert-OH is 1. The number of hydrogen-bond donors (Lipinski definition) is 3. The highest BCUT2D eigenvalue weighted by Crippen LogP contribution is 2.54. The highest BCUT2D eigenvalue weighted by atomic mass is 35.5. The van der Waals surface area contributed by atoms with Gasteiger partial charge < -0.3 is 20.5 Å². The van der Waals surface area contributed by atoms with Crippen LogP contribution in [0.2, 0.25) is 0 Å². The van der Waals surface area contributed by atoms with E-state index in [1.165, 1.54) is 25.7 Å². The molecule has 2 aliphatic carbocycles. The van der Waals surface area contributed by atoms with Crippen LogP contribution in [-0.4, -0.2) is 48.5 Å². The Morgan fingerprint density at radius 2 is 2.10 bits per heavy atom. The van der Waals surface area contributed by atoms with E-state index in [1.807, 2.05) is 6.92 Å². The predicted molar refractivity (Wildman–Crippen MR) is 82.5 cm³/mol. The van der Waals surface area contributed by atoms with Crippen LogP contribution >= 0.6 is 12.4 Å². The van der Waals surface area contributed by atoms with Gasteiger partial charge in [-0.15, -0.1) is 12.4 Å². The predicted octanol–water partition coefficient (Wildman–Crippen LogP) is 0.985. The summed E-state index contributed by atoms with van der Waals surface area (Å²) in [5.74, 6) is 0.0489. The summed E-state index contributed by atoms with van der Waals surface area (Å²) < 4.78 is 5.86. The first-order chi connectivity index (χ1) is 9.65. The third-order valence-corrected chi connectivity index (χ3v) is 5.43. The summed E-state index contributed by atoms with van der Waals surface area (Å²) in [6, 6.07) is 0.0307. The molecular formula is C15H27ClN2O3. The molecule has 0 aromatic rings. The fourth-order valence-corrected chi connectivity index (χ4v) is 4.28. The van der Waals surface area contributed by atoms with Gasteiger partial charge in [0.25, 0.3) is 0 Å². The maximum Gasteiger partial charge on any atom is 0.237 e. The first-order valence-corrected chi connectivity index (χ1v) is 7.99. The number of nitrogens with one attached hydrogen (secondary N) is 2. The van der Waals surface area contributed by atoms with Crippen LogP contribution in [0.5, 0.6) is 0 Å². The SMILES string of the molecule is CCOC1CC(NC(=O)C2CC(O)CN2)C12CCCC2.Cl. The van der Waals surface area contributed by atoms with Gasteiger partial charge >= 0.3 is 0 Å². The minimum absolute atomic E-state index is 0. The van der Waals surface area contributed by atoms with E-state index in [0.29, 0.717) is 19.1 Å². The molecule has 4 atom stereocenters.